The summed E-state index contributed by atoms with van der Waals surface area (Å²) in [7, 11) is 0. The molecule has 1 aromatic rings. The molecule has 1 unspecified atom stereocenters. The number of nitrogens with one attached hydrogen (secondary N) is 1. The first-order valence-electron chi connectivity index (χ1n) is 16.6. The van der Waals surface area contributed by atoms with Crippen LogP contribution < -0.4 is 5.32 Å². The highest BCUT2D eigenvalue weighted by atomic mass is 19.3. The van der Waals surface area contributed by atoms with Crippen LogP contribution in [0.5, 0.6) is 0 Å². The van der Waals surface area contributed by atoms with Gasteiger partial charge in [0.15, 0.2) is 17.3 Å². The van der Waals surface area contributed by atoms with Gasteiger partial charge >= 0.3 is 0 Å². The van der Waals surface area contributed by atoms with Gasteiger partial charge in [0.25, 0.3) is 0 Å². The Labute approximate surface area is 273 Å². The zero-order valence-corrected chi connectivity index (χ0v) is 27.4. The molecule has 2 aliphatic carbocycles. The van der Waals surface area contributed by atoms with Gasteiger partial charge in [0.2, 0.25) is 24.0 Å². The molecule has 258 valence electrons. The zero-order chi connectivity index (χ0) is 34.6. The molecule has 3 fully saturated rings. The topological polar surface area (TPSA) is 143 Å². The maximum atomic E-state index is 15.0. The maximum Gasteiger partial charge on any atom is 0.246 e. The van der Waals surface area contributed by atoms with Crippen molar-refractivity contribution >= 4 is 34.9 Å². The molecule has 1 N–H and O–H groups in total. The second kappa shape index (κ2) is 15.6. The van der Waals surface area contributed by atoms with Gasteiger partial charge in [-0.2, -0.15) is 0 Å². The third-order valence-electron chi connectivity index (χ3n) is 9.91. The minimum absolute atomic E-state index is 0.0352. The smallest absolute Gasteiger partial charge is 0.246 e. The van der Waals surface area contributed by atoms with Gasteiger partial charge in [-0.15, -0.1) is 0 Å². The predicted octanol–water partition coefficient (Wildman–Crippen LogP) is 4.21. The van der Waals surface area contributed by atoms with Crippen LogP contribution in [0.1, 0.15) is 89.5 Å². The largest absolute Gasteiger partial charge is 0.344 e. The van der Waals surface area contributed by atoms with Crippen molar-refractivity contribution in [2.24, 2.45) is 41.4 Å². The fourth-order valence-electron chi connectivity index (χ4n) is 7.01. The van der Waals surface area contributed by atoms with E-state index in [1.54, 1.807) is 27.7 Å². The standard InChI is InChI=1S/C34H45F3N4O6/c1-17(2)22(14-26(42)25-15-38-9-10-39-25)33(46)40-30(18(3)4)34(47)41-16-23-21(7-8-24(23)35)31(41)27(43)12-20(13-29(36)37)32(45)28(44)11-19-5-6-19/h9-10,15,17-24,29-31H,5-8,11-14,16H2,1-4H3,(H,40,46)/t20?,21-,22+,23-,24-,30-,31-/m0/s1. The van der Waals surface area contributed by atoms with Crippen LogP contribution in [0.2, 0.25) is 0 Å². The summed E-state index contributed by atoms with van der Waals surface area (Å²) < 4.78 is 42.1. The number of hydrogen-bond donors (Lipinski definition) is 1. The molecule has 1 saturated heterocycles. The van der Waals surface area contributed by atoms with E-state index < -0.39 is 102 Å². The van der Waals surface area contributed by atoms with Crippen LogP contribution in [0.4, 0.5) is 13.2 Å². The highest BCUT2D eigenvalue weighted by Crippen LogP contribution is 2.45. The molecule has 3 aliphatic rings. The first kappa shape index (κ1) is 36.3. The zero-order valence-electron chi connectivity index (χ0n) is 27.4. The number of hydrogen-bond acceptors (Lipinski definition) is 8. The van der Waals surface area contributed by atoms with Crippen LogP contribution in [0.3, 0.4) is 0 Å². The molecule has 0 aromatic carbocycles. The SMILES string of the molecule is CC(C)[C@H](NC(=O)[C@H](CC(=O)c1cnccn1)C(C)C)C(=O)N1C[C@H]2[C@H](CC[C@@H]2F)[C@H]1C(=O)CC(CC(F)F)C(=O)C(=O)CC1CC1. The number of amides is 2. The molecule has 47 heavy (non-hydrogen) atoms. The van der Waals surface area contributed by atoms with Crippen molar-refractivity contribution in [3.8, 4) is 0 Å². The molecule has 13 heteroatoms. The first-order chi connectivity index (χ1) is 22.2. The van der Waals surface area contributed by atoms with E-state index in [0.717, 1.165) is 12.8 Å². The van der Waals surface area contributed by atoms with Crippen LogP contribution in [0.15, 0.2) is 18.6 Å². The maximum absolute atomic E-state index is 15.0. The molecule has 7 atom stereocenters. The summed E-state index contributed by atoms with van der Waals surface area (Å²) in [5.41, 5.74) is 0.103. The highest BCUT2D eigenvalue weighted by Gasteiger charge is 2.54. The number of halogens is 3. The minimum atomic E-state index is -2.93. The van der Waals surface area contributed by atoms with E-state index in [1.807, 2.05) is 0 Å². The number of ketones is 4. The number of carbonyl (C=O) groups is 6. The molecule has 0 bridgehead atoms. The van der Waals surface area contributed by atoms with E-state index in [0.29, 0.717) is 6.42 Å². The summed E-state index contributed by atoms with van der Waals surface area (Å²) in [6, 6.07) is -2.32. The second-order valence-corrected chi connectivity index (χ2v) is 14.1. The van der Waals surface area contributed by atoms with Gasteiger partial charge < -0.3 is 10.2 Å². The minimum Gasteiger partial charge on any atom is -0.344 e. The number of Topliss-reactive ketones (excluding diaryl/α,β-unsaturated/α-hetero) is 4. The Hall–Kier alpha value is -3.51. The number of rotatable bonds is 17. The molecule has 1 aliphatic heterocycles. The average Bonchev–Trinajstić information content (AvgIpc) is 3.64. The Bertz CT molecular complexity index is 1340. The summed E-state index contributed by atoms with van der Waals surface area (Å²) in [6.07, 6.45) is 0.0825. The number of likely N-dealkylation sites (tertiary alicyclic amines) is 1. The molecule has 2 heterocycles. The van der Waals surface area contributed by atoms with E-state index in [9.17, 15) is 37.5 Å². The summed E-state index contributed by atoms with van der Waals surface area (Å²) in [5.74, 6) is -8.32. The lowest BCUT2D eigenvalue weighted by atomic mass is 9.84. The molecule has 10 nitrogen and oxygen atoms in total. The van der Waals surface area contributed by atoms with E-state index in [4.69, 9.17) is 0 Å². The fourth-order valence-corrected chi connectivity index (χ4v) is 7.01. The lowest BCUT2D eigenvalue weighted by molar-refractivity contribution is -0.145. The third kappa shape index (κ3) is 8.90. The van der Waals surface area contributed by atoms with E-state index in [2.05, 4.69) is 15.3 Å². The van der Waals surface area contributed by atoms with Crippen LogP contribution in [-0.4, -0.2) is 81.0 Å². The molecule has 1 aromatic heterocycles. The van der Waals surface area contributed by atoms with Gasteiger partial charge in [0.1, 0.15) is 17.9 Å². The normalized spacial score (nSPS) is 24.3. The second-order valence-electron chi connectivity index (χ2n) is 14.1. The highest BCUT2D eigenvalue weighted by molar-refractivity contribution is 6.38. The van der Waals surface area contributed by atoms with Crippen LogP contribution >= 0.6 is 0 Å². The molecule has 0 radical (unpaired) electrons. The van der Waals surface area contributed by atoms with Crippen LogP contribution in [0.25, 0.3) is 0 Å². The van der Waals surface area contributed by atoms with Crippen molar-refractivity contribution in [2.75, 3.05) is 6.54 Å². The predicted molar refractivity (Wildman–Crippen MR) is 164 cm³/mol. The number of aromatic nitrogens is 2. The quantitative estimate of drug-likeness (QED) is 0.193. The molecule has 4 rings (SSSR count). The van der Waals surface area contributed by atoms with Crippen molar-refractivity contribution < 1.29 is 41.9 Å². The van der Waals surface area contributed by atoms with Gasteiger partial charge in [0, 0.05) is 62.4 Å². The van der Waals surface area contributed by atoms with E-state index in [1.165, 1.54) is 23.5 Å². The molecular formula is C34H45F3N4O6. The van der Waals surface area contributed by atoms with Crippen molar-refractivity contribution in [2.45, 2.75) is 104 Å². The van der Waals surface area contributed by atoms with Crippen molar-refractivity contribution in [1.29, 1.82) is 0 Å². The monoisotopic (exact) mass is 662 g/mol. The lowest BCUT2D eigenvalue weighted by Gasteiger charge is -2.33. The van der Waals surface area contributed by atoms with Crippen molar-refractivity contribution in [3.05, 3.63) is 24.3 Å². The van der Waals surface area contributed by atoms with Crippen LogP contribution in [-0.2, 0) is 24.0 Å². The Balaban J connectivity index is 1.54. The third-order valence-corrected chi connectivity index (χ3v) is 9.91. The van der Waals surface area contributed by atoms with E-state index in [-0.39, 0.29) is 43.3 Å². The lowest BCUT2D eigenvalue weighted by Crippen LogP contribution is -2.56. The number of alkyl halides is 3. The number of fused-ring (bicyclic) bond motifs is 1. The Morgan fingerprint density at radius 1 is 0.936 bits per heavy atom. The summed E-state index contributed by atoms with van der Waals surface area (Å²) >= 11 is 0. The Morgan fingerprint density at radius 2 is 1.64 bits per heavy atom. The Morgan fingerprint density at radius 3 is 2.21 bits per heavy atom. The van der Waals surface area contributed by atoms with Gasteiger partial charge in [-0.25, -0.2) is 18.2 Å². The number of nitrogens with zero attached hydrogens (tertiary/aromatic N) is 3. The summed E-state index contributed by atoms with van der Waals surface area (Å²) in [6.45, 7) is 6.83. The van der Waals surface area contributed by atoms with Crippen molar-refractivity contribution in [3.63, 3.8) is 0 Å². The number of carbonyl (C=O) groups excluding carboxylic acids is 6. The molecule has 2 amide bonds. The molecule has 0 spiro atoms. The van der Waals surface area contributed by atoms with E-state index >= 15 is 4.39 Å². The Kier molecular flexibility index (Phi) is 12.1. The van der Waals surface area contributed by atoms with Gasteiger partial charge in [-0.3, -0.25) is 33.8 Å². The molecular weight excluding hydrogens is 617 g/mol. The summed E-state index contributed by atoms with van der Waals surface area (Å²) in [5, 5.41) is 2.77. The first-order valence-corrected chi connectivity index (χ1v) is 16.6. The van der Waals surface area contributed by atoms with Gasteiger partial charge in [-0.05, 0) is 49.4 Å². The van der Waals surface area contributed by atoms with Gasteiger partial charge in [-0.1, -0.05) is 27.7 Å². The summed E-state index contributed by atoms with van der Waals surface area (Å²) in [4.78, 5) is 89.1. The molecule has 2 saturated carbocycles. The van der Waals surface area contributed by atoms with Crippen molar-refractivity contribution in [1.82, 2.24) is 20.2 Å². The fraction of sp³-hybridized carbons (Fsp3) is 0.706. The van der Waals surface area contributed by atoms with Gasteiger partial charge in [0.05, 0.1) is 12.2 Å². The average molecular weight is 663 g/mol. The van der Waals surface area contributed by atoms with Crippen LogP contribution in [0, 0.1) is 41.4 Å².